The summed E-state index contributed by atoms with van der Waals surface area (Å²) in [4.78, 5) is 27.8. The fourth-order valence-corrected chi connectivity index (χ4v) is 3.90. The number of halogens is 3. The average molecular weight is 473 g/mol. The van der Waals surface area contributed by atoms with E-state index < -0.39 is 34.7 Å². The van der Waals surface area contributed by atoms with Crippen molar-refractivity contribution in [3.05, 3.63) is 59.4 Å². The van der Waals surface area contributed by atoms with Crippen LogP contribution in [0.5, 0.6) is 0 Å². The van der Waals surface area contributed by atoms with Crippen LogP contribution in [0.25, 0.3) is 22.2 Å². The highest BCUT2D eigenvalue weighted by atomic mass is 19.1. The molecule has 4 rings (SSSR count). The van der Waals surface area contributed by atoms with Gasteiger partial charge in [0.15, 0.2) is 0 Å². The molecule has 0 aliphatic heterocycles. The number of nitrogens with one attached hydrogen (secondary N) is 3. The molecule has 1 aliphatic carbocycles. The third kappa shape index (κ3) is 5.03. The van der Waals surface area contributed by atoms with Crippen LogP contribution in [0.15, 0.2) is 36.4 Å². The molecule has 1 heterocycles. The first-order valence-corrected chi connectivity index (χ1v) is 11.0. The summed E-state index contributed by atoms with van der Waals surface area (Å²) in [5, 5.41) is 5.79. The molecule has 1 fully saturated rings. The number of hydrogen-bond donors (Lipinski definition) is 3. The molecule has 2 aromatic carbocycles. The van der Waals surface area contributed by atoms with Gasteiger partial charge in [0.25, 0.3) is 0 Å². The van der Waals surface area contributed by atoms with Crippen molar-refractivity contribution in [3.63, 3.8) is 0 Å². The first kappa shape index (κ1) is 23.7. The molecule has 0 radical (unpaired) electrons. The number of benzene rings is 2. The monoisotopic (exact) mass is 473 g/mol. The van der Waals surface area contributed by atoms with Gasteiger partial charge in [-0.2, -0.15) is 0 Å². The van der Waals surface area contributed by atoms with E-state index in [1.54, 1.807) is 32.9 Å². The predicted molar refractivity (Wildman–Crippen MR) is 122 cm³/mol. The van der Waals surface area contributed by atoms with Crippen LogP contribution in [0.4, 0.5) is 18.0 Å². The number of ether oxygens (including phenoxy) is 1. The second-order valence-corrected chi connectivity index (χ2v) is 9.51. The Morgan fingerprint density at radius 1 is 1.06 bits per heavy atom. The van der Waals surface area contributed by atoms with E-state index in [-0.39, 0.29) is 24.4 Å². The van der Waals surface area contributed by atoms with E-state index in [0.717, 1.165) is 6.07 Å². The summed E-state index contributed by atoms with van der Waals surface area (Å²) in [6.45, 7) is 5.36. The molecular weight excluding hydrogens is 447 g/mol. The topological polar surface area (TPSA) is 83.2 Å². The molecule has 0 spiro atoms. The number of rotatable bonds is 6. The number of aromatic nitrogens is 1. The molecular formula is C25H26F3N3O3. The Hall–Kier alpha value is -3.49. The van der Waals surface area contributed by atoms with E-state index >= 15 is 0 Å². The Morgan fingerprint density at radius 3 is 2.35 bits per heavy atom. The number of carbonyl (C=O) groups is 2. The molecule has 0 saturated heterocycles. The van der Waals surface area contributed by atoms with Gasteiger partial charge in [-0.1, -0.05) is 0 Å². The van der Waals surface area contributed by atoms with E-state index in [1.807, 2.05) is 0 Å². The zero-order valence-electron chi connectivity index (χ0n) is 19.2. The minimum Gasteiger partial charge on any atom is -0.444 e. The van der Waals surface area contributed by atoms with Gasteiger partial charge in [0.1, 0.15) is 28.6 Å². The van der Waals surface area contributed by atoms with E-state index in [9.17, 15) is 22.8 Å². The van der Waals surface area contributed by atoms with E-state index in [1.165, 1.54) is 18.2 Å². The van der Waals surface area contributed by atoms with Crippen molar-refractivity contribution in [1.29, 1.82) is 0 Å². The maximum absolute atomic E-state index is 14.4. The van der Waals surface area contributed by atoms with Crippen molar-refractivity contribution in [3.8, 4) is 11.3 Å². The molecule has 9 heteroatoms. The van der Waals surface area contributed by atoms with Crippen molar-refractivity contribution in [1.82, 2.24) is 15.6 Å². The molecule has 3 aromatic rings. The van der Waals surface area contributed by atoms with Crippen LogP contribution in [-0.4, -0.2) is 34.7 Å². The Kier molecular flexibility index (Phi) is 6.05. The van der Waals surface area contributed by atoms with Gasteiger partial charge in [-0.3, -0.25) is 4.79 Å². The van der Waals surface area contributed by atoms with Gasteiger partial charge in [0.05, 0.1) is 5.52 Å². The SMILES string of the molecule is CC(C)(C)OC(=O)NC1(C(=O)NCCc2c(-c3ccc(F)cc3)[nH]c3c(F)cc(F)cc23)CC1. The standard InChI is InChI=1S/C25H26F3N3O3/c1-24(2,3)34-23(33)31-25(9-10-25)22(32)29-11-8-17-18-12-16(27)13-19(28)21(18)30-20(17)14-4-6-15(26)7-5-14/h4-7,12-13,30H,8-11H2,1-3H3,(H,29,32)(H,31,33). The van der Waals surface area contributed by atoms with Crippen molar-refractivity contribution >= 4 is 22.9 Å². The maximum atomic E-state index is 14.4. The summed E-state index contributed by atoms with van der Waals surface area (Å²) in [6, 6.07) is 7.66. The second kappa shape index (κ2) is 8.70. The lowest BCUT2D eigenvalue weighted by molar-refractivity contribution is -0.124. The highest BCUT2D eigenvalue weighted by Gasteiger charge is 2.51. The first-order chi connectivity index (χ1) is 16.0. The van der Waals surface area contributed by atoms with Crippen LogP contribution in [0.3, 0.4) is 0 Å². The molecule has 180 valence electrons. The average Bonchev–Trinajstić information content (AvgIpc) is 3.42. The fraction of sp³-hybridized carbons (Fsp3) is 0.360. The smallest absolute Gasteiger partial charge is 0.408 e. The van der Waals surface area contributed by atoms with E-state index in [0.29, 0.717) is 35.0 Å². The number of alkyl carbamates (subject to hydrolysis) is 1. The molecule has 1 aliphatic rings. The van der Waals surface area contributed by atoms with Crippen LogP contribution in [0, 0.1) is 17.5 Å². The Labute approximate surface area is 194 Å². The molecule has 0 atom stereocenters. The Balaban J connectivity index is 1.52. The highest BCUT2D eigenvalue weighted by Crippen LogP contribution is 2.36. The lowest BCUT2D eigenvalue weighted by atomic mass is 10.0. The van der Waals surface area contributed by atoms with Crippen molar-refractivity contribution in [2.75, 3.05) is 6.54 Å². The zero-order valence-corrected chi connectivity index (χ0v) is 19.2. The van der Waals surface area contributed by atoms with Gasteiger partial charge in [-0.15, -0.1) is 0 Å². The fourth-order valence-electron chi connectivity index (χ4n) is 3.90. The minimum absolute atomic E-state index is 0.132. The third-order valence-electron chi connectivity index (χ3n) is 5.65. The predicted octanol–water partition coefficient (Wildman–Crippen LogP) is 4.97. The number of hydrogen-bond acceptors (Lipinski definition) is 3. The van der Waals surface area contributed by atoms with Gasteiger partial charge in [-0.05, 0) is 81.5 Å². The number of H-pyrrole nitrogens is 1. The number of fused-ring (bicyclic) bond motifs is 1. The number of amides is 2. The van der Waals surface area contributed by atoms with Gasteiger partial charge < -0.3 is 20.4 Å². The minimum atomic E-state index is -1.01. The highest BCUT2D eigenvalue weighted by molar-refractivity contribution is 5.93. The summed E-state index contributed by atoms with van der Waals surface area (Å²) in [7, 11) is 0. The molecule has 1 saturated carbocycles. The number of aromatic amines is 1. The molecule has 1 aromatic heterocycles. The number of carbonyl (C=O) groups excluding carboxylic acids is 2. The summed E-state index contributed by atoms with van der Waals surface area (Å²) in [5.41, 5.74) is 0.136. The summed E-state index contributed by atoms with van der Waals surface area (Å²) in [6.07, 6.45) is 0.565. The quantitative estimate of drug-likeness (QED) is 0.473. The Morgan fingerprint density at radius 2 is 1.74 bits per heavy atom. The van der Waals surface area contributed by atoms with Crippen molar-refractivity contribution in [2.24, 2.45) is 0 Å². The van der Waals surface area contributed by atoms with Crippen LogP contribution in [0.1, 0.15) is 39.2 Å². The van der Waals surface area contributed by atoms with Crippen molar-refractivity contribution in [2.45, 2.75) is 51.2 Å². The normalized spacial score (nSPS) is 14.6. The zero-order chi connectivity index (χ0) is 24.7. The summed E-state index contributed by atoms with van der Waals surface area (Å²) < 4.78 is 47.0. The van der Waals surface area contributed by atoms with Gasteiger partial charge >= 0.3 is 6.09 Å². The van der Waals surface area contributed by atoms with E-state index in [2.05, 4.69) is 15.6 Å². The summed E-state index contributed by atoms with van der Waals surface area (Å²) in [5.74, 6) is -2.23. The summed E-state index contributed by atoms with van der Waals surface area (Å²) >= 11 is 0. The third-order valence-corrected chi connectivity index (χ3v) is 5.65. The molecule has 0 unspecified atom stereocenters. The van der Waals surface area contributed by atoms with Gasteiger partial charge in [-0.25, -0.2) is 18.0 Å². The maximum Gasteiger partial charge on any atom is 0.408 e. The lowest BCUT2D eigenvalue weighted by Gasteiger charge is -2.23. The first-order valence-electron chi connectivity index (χ1n) is 11.0. The molecule has 0 bridgehead atoms. The van der Waals surface area contributed by atoms with Crippen LogP contribution < -0.4 is 10.6 Å². The van der Waals surface area contributed by atoms with Crippen LogP contribution >= 0.6 is 0 Å². The van der Waals surface area contributed by atoms with Gasteiger partial charge in [0.2, 0.25) is 5.91 Å². The molecule has 6 nitrogen and oxygen atoms in total. The van der Waals surface area contributed by atoms with Crippen LogP contribution in [0.2, 0.25) is 0 Å². The molecule has 2 amide bonds. The van der Waals surface area contributed by atoms with Crippen LogP contribution in [-0.2, 0) is 16.0 Å². The lowest BCUT2D eigenvalue weighted by Crippen LogP contribution is -2.50. The van der Waals surface area contributed by atoms with Gasteiger partial charge in [0, 0.05) is 23.7 Å². The second-order valence-electron chi connectivity index (χ2n) is 9.51. The molecule has 34 heavy (non-hydrogen) atoms. The Bertz CT molecular complexity index is 1240. The van der Waals surface area contributed by atoms with E-state index in [4.69, 9.17) is 4.74 Å². The molecule has 3 N–H and O–H groups in total. The largest absolute Gasteiger partial charge is 0.444 e. The van der Waals surface area contributed by atoms with Crippen molar-refractivity contribution < 1.29 is 27.5 Å².